The van der Waals surface area contributed by atoms with Crippen molar-refractivity contribution in [3.8, 4) is 5.75 Å². The summed E-state index contributed by atoms with van der Waals surface area (Å²) < 4.78 is 5.17. The summed E-state index contributed by atoms with van der Waals surface area (Å²) >= 11 is 0. The van der Waals surface area contributed by atoms with Gasteiger partial charge in [0.15, 0.2) is 6.10 Å². The SMILES string of the molecule is COc1ccc(N2C(=O)[C@H]3[C@@H](c4cccnc4)N(c4ccccc4)O[C@H]3C2=O)cc1. The van der Waals surface area contributed by atoms with Crippen molar-refractivity contribution in [2.45, 2.75) is 12.1 Å². The molecule has 3 aromatic rings. The number of methoxy groups -OCH3 is 1. The van der Waals surface area contributed by atoms with Crippen LogP contribution >= 0.6 is 0 Å². The van der Waals surface area contributed by atoms with E-state index in [-0.39, 0.29) is 11.8 Å². The number of amides is 2. The number of hydrogen-bond acceptors (Lipinski definition) is 6. The Kier molecular flexibility index (Phi) is 4.44. The molecule has 2 aliphatic heterocycles. The molecule has 0 aliphatic carbocycles. The number of aromatic nitrogens is 1. The minimum atomic E-state index is -0.898. The summed E-state index contributed by atoms with van der Waals surface area (Å²) in [4.78, 5) is 38.2. The third-order valence-electron chi connectivity index (χ3n) is 5.48. The van der Waals surface area contributed by atoms with Crippen LogP contribution in [0.2, 0.25) is 0 Å². The van der Waals surface area contributed by atoms with Crippen molar-refractivity contribution < 1.29 is 19.2 Å². The van der Waals surface area contributed by atoms with E-state index in [0.29, 0.717) is 11.4 Å². The lowest BCUT2D eigenvalue weighted by Crippen LogP contribution is -2.37. The first-order valence-corrected chi connectivity index (χ1v) is 9.62. The molecule has 0 saturated carbocycles. The monoisotopic (exact) mass is 401 g/mol. The zero-order chi connectivity index (χ0) is 20.7. The van der Waals surface area contributed by atoms with E-state index in [2.05, 4.69) is 4.98 Å². The van der Waals surface area contributed by atoms with Crippen LogP contribution in [0.4, 0.5) is 11.4 Å². The molecule has 7 heteroatoms. The van der Waals surface area contributed by atoms with Crippen LogP contribution in [0.5, 0.6) is 5.75 Å². The van der Waals surface area contributed by atoms with Crippen LogP contribution in [0, 0.1) is 5.92 Å². The van der Waals surface area contributed by atoms with Crippen molar-refractivity contribution in [1.82, 2.24) is 4.98 Å². The van der Waals surface area contributed by atoms with Crippen LogP contribution in [0.25, 0.3) is 0 Å². The van der Waals surface area contributed by atoms with Crippen molar-refractivity contribution in [3.05, 3.63) is 84.7 Å². The van der Waals surface area contributed by atoms with E-state index in [9.17, 15) is 9.59 Å². The molecule has 7 nitrogen and oxygen atoms in total. The summed E-state index contributed by atoms with van der Waals surface area (Å²) in [5.41, 5.74) is 2.09. The maximum atomic E-state index is 13.5. The molecule has 2 amide bonds. The van der Waals surface area contributed by atoms with Crippen molar-refractivity contribution >= 4 is 23.2 Å². The normalized spacial score (nSPS) is 23.0. The van der Waals surface area contributed by atoms with Gasteiger partial charge in [0.05, 0.1) is 24.5 Å². The maximum Gasteiger partial charge on any atom is 0.266 e. The summed E-state index contributed by atoms with van der Waals surface area (Å²) in [5, 5.41) is 1.66. The lowest BCUT2D eigenvalue weighted by molar-refractivity contribution is -0.126. The molecule has 0 bridgehead atoms. The van der Waals surface area contributed by atoms with Gasteiger partial charge < -0.3 is 4.74 Å². The van der Waals surface area contributed by atoms with E-state index < -0.39 is 18.1 Å². The second-order valence-electron chi connectivity index (χ2n) is 7.15. The molecular weight excluding hydrogens is 382 g/mol. The Morgan fingerprint density at radius 2 is 1.67 bits per heavy atom. The molecule has 3 atom stereocenters. The number of para-hydroxylation sites is 1. The number of hydrogen-bond donors (Lipinski definition) is 0. The van der Waals surface area contributed by atoms with Gasteiger partial charge in [0, 0.05) is 12.4 Å². The summed E-state index contributed by atoms with van der Waals surface area (Å²) in [6, 6.07) is 19.5. The van der Waals surface area contributed by atoms with Gasteiger partial charge in [0.25, 0.3) is 5.91 Å². The topological polar surface area (TPSA) is 72.0 Å². The van der Waals surface area contributed by atoms with Gasteiger partial charge in [-0.05, 0) is 48.0 Å². The van der Waals surface area contributed by atoms with Gasteiger partial charge in [-0.3, -0.25) is 19.4 Å². The summed E-state index contributed by atoms with van der Waals surface area (Å²) in [6.07, 6.45) is 2.49. The van der Waals surface area contributed by atoms with Crippen molar-refractivity contribution in [2.24, 2.45) is 5.92 Å². The standard InChI is InChI=1S/C23H19N3O4/c1-29-18-11-9-16(10-12-18)25-22(27)19-20(15-6-5-13-24-14-15)26(30-21(19)23(25)28)17-7-3-2-4-8-17/h2-14,19-21H,1H3/t19-,20+,21+/m0/s1. The molecule has 0 unspecified atom stereocenters. The van der Waals surface area contributed by atoms with Gasteiger partial charge in [-0.2, -0.15) is 0 Å². The Balaban J connectivity index is 1.55. The molecule has 150 valence electrons. The largest absolute Gasteiger partial charge is 0.497 e. The Labute approximate surface area is 173 Å². The Hall–Kier alpha value is -3.71. The number of ether oxygens (including phenoxy) is 1. The van der Waals surface area contributed by atoms with E-state index in [0.717, 1.165) is 11.3 Å². The molecule has 3 heterocycles. The Morgan fingerprint density at radius 3 is 2.33 bits per heavy atom. The molecule has 2 aliphatic rings. The number of anilines is 2. The molecule has 2 aromatic carbocycles. The predicted octanol–water partition coefficient (Wildman–Crippen LogP) is 3.14. The zero-order valence-corrected chi connectivity index (χ0v) is 16.2. The average Bonchev–Trinajstić information content (AvgIpc) is 3.31. The first-order chi connectivity index (χ1) is 14.7. The van der Waals surface area contributed by atoms with Gasteiger partial charge in [-0.1, -0.05) is 24.3 Å². The number of fused-ring (bicyclic) bond motifs is 1. The van der Waals surface area contributed by atoms with Crippen LogP contribution in [0.1, 0.15) is 11.6 Å². The lowest BCUT2D eigenvalue weighted by atomic mass is 9.91. The van der Waals surface area contributed by atoms with E-state index in [1.54, 1.807) is 48.8 Å². The summed E-state index contributed by atoms with van der Waals surface area (Å²) in [5.74, 6) is -0.688. The Morgan fingerprint density at radius 1 is 0.900 bits per heavy atom. The highest BCUT2D eigenvalue weighted by Crippen LogP contribution is 2.47. The number of rotatable bonds is 4. The van der Waals surface area contributed by atoms with Crippen LogP contribution in [-0.2, 0) is 14.4 Å². The van der Waals surface area contributed by atoms with E-state index in [4.69, 9.17) is 9.57 Å². The van der Waals surface area contributed by atoms with Crippen molar-refractivity contribution in [2.75, 3.05) is 17.1 Å². The number of hydroxylamine groups is 1. The predicted molar refractivity (Wildman–Crippen MR) is 110 cm³/mol. The third kappa shape index (κ3) is 2.83. The fraction of sp³-hybridized carbons (Fsp3) is 0.174. The minimum Gasteiger partial charge on any atom is -0.497 e. The first-order valence-electron chi connectivity index (χ1n) is 9.62. The molecule has 5 rings (SSSR count). The molecule has 0 spiro atoms. The highest BCUT2D eigenvalue weighted by molar-refractivity contribution is 6.23. The van der Waals surface area contributed by atoms with Crippen LogP contribution < -0.4 is 14.7 Å². The van der Waals surface area contributed by atoms with Crippen LogP contribution in [0.3, 0.4) is 0 Å². The van der Waals surface area contributed by atoms with Gasteiger partial charge in [-0.25, -0.2) is 9.96 Å². The number of imide groups is 1. The van der Waals surface area contributed by atoms with Crippen molar-refractivity contribution in [1.29, 1.82) is 0 Å². The number of carbonyl (C=O) groups excluding carboxylic acids is 2. The van der Waals surface area contributed by atoms with E-state index in [1.807, 2.05) is 42.5 Å². The van der Waals surface area contributed by atoms with Gasteiger partial charge >= 0.3 is 0 Å². The summed E-state index contributed by atoms with van der Waals surface area (Å²) in [6.45, 7) is 0. The molecule has 2 saturated heterocycles. The fourth-order valence-electron chi connectivity index (χ4n) is 4.09. The van der Waals surface area contributed by atoms with Gasteiger partial charge in [0.1, 0.15) is 11.7 Å². The van der Waals surface area contributed by atoms with Crippen LogP contribution in [-0.4, -0.2) is 30.0 Å². The molecule has 0 N–H and O–H groups in total. The van der Waals surface area contributed by atoms with E-state index >= 15 is 0 Å². The molecule has 1 aromatic heterocycles. The highest BCUT2D eigenvalue weighted by Gasteiger charge is 2.60. The number of nitrogens with zero attached hydrogens (tertiary/aromatic N) is 3. The maximum absolute atomic E-state index is 13.5. The smallest absolute Gasteiger partial charge is 0.266 e. The minimum absolute atomic E-state index is 0.289. The zero-order valence-electron chi connectivity index (χ0n) is 16.2. The quantitative estimate of drug-likeness (QED) is 0.626. The Bertz CT molecular complexity index is 1070. The first kappa shape index (κ1) is 18.3. The fourth-order valence-corrected chi connectivity index (χ4v) is 4.09. The molecule has 0 radical (unpaired) electrons. The van der Waals surface area contributed by atoms with Crippen LogP contribution in [0.15, 0.2) is 79.1 Å². The molecular formula is C23H19N3O4. The number of pyridine rings is 1. The summed E-state index contributed by atoms with van der Waals surface area (Å²) in [7, 11) is 1.57. The highest BCUT2D eigenvalue weighted by atomic mass is 16.7. The van der Waals surface area contributed by atoms with Gasteiger partial charge in [0.2, 0.25) is 5.91 Å². The third-order valence-corrected chi connectivity index (χ3v) is 5.48. The lowest BCUT2D eigenvalue weighted by Gasteiger charge is -2.28. The van der Waals surface area contributed by atoms with E-state index in [1.165, 1.54) is 4.90 Å². The number of carbonyl (C=O) groups is 2. The molecule has 2 fully saturated rings. The van der Waals surface area contributed by atoms with Gasteiger partial charge in [-0.15, -0.1) is 0 Å². The van der Waals surface area contributed by atoms with Crippen molar-refractivity contribution in [3.63, 3.8) is 0 Å². The number of benzene rings is 2. The second-order valence-corrected chi connectivity index (χ2v) is 7.15. The average molecular weight is 401 g/mol. The second kappa shape index (κ2) is 7.27. The molecule has 30 heavy (non-hydrogen) atoms.